The predicted molar refractivity (Wildman–Crippen MR) is 85.7 cm³/mol. The van der Waals surface area contributed by atoms with Crippen molar-refractivity contribution in [2.45, 2.75) is 63.8 Å². The average Bonchev–Trinajstić information content (AvgIpc) is 2.96. The van der Waals surface area contributed by atoms with Gasteiger partial charge in [-0.1, -0.05) is 19.3 Å². The Hall–Kier alpha value is 0.160. The van der Waals surface area contributed by atoms with Gasteiger partial charge in [-0.05, 0) is 43.9 Å². The van der Waals surface area contributed by atoms with Gasteiger partial charge < -0.3 is 0 Å². The fourth-order valence-electron chi connectivity index (χ4n) is 4.40. The van der Waals surface area contributed by atoms with E-state index in [-0.39, 0.29) is 6.04 Å². The Morgan fingerprint density at radius 1 is 0.952 bits per heavy atom. The summed E-state index contributed by atoms with van der Waals surface area (Å²) in [5.74, 6) is 0.414. The van der Waals surface area contributed by atoms with Gasteiger partial charge in [-0.2, -0.15) is 17.0 Å². The number of halogens is 1. The molecule has 1 spiro atoms. The van der Waals surface area contributed by atoms with Crippen LogP contribution in [-0.2, 0) is 10.2 Å². The molecular weight excluding hydrogens is 308 g/mol. The van der Waals surface area contributed by atoms with Gasteiger partial charge in [0.15, 0.2) is 0 Å². The van der Waals surface area contributed by atoms with E-state index in [0.717, 1.165) is 32.1 Å². The van der Waals surface area contributed by atoms with Crippen LogP contribution in [0.3, 0.4) is 0 Å². The summed E-state index contributed by atoms with van der Waals surface area (Å²) < 4.78 is 29.2. The van der Waals surface area contributed by atoms with Crippen molar-refractivity contribution in [2.75, 3.05) is 25.5 Å². The number of hydrogen-bond donors (Lipinski definition) is 0. The largest absolute Gasteiger partial charge is 0.282 e. The summed E-state index contributed by atoms with van der Waals surface area (Å²) in [6.07, 6.45) is 10.3. The first-order valence-electron chi connectivity index (χ1n) is 8.40. The Morgan fingerprint density at radius 2 is 1.62 bits per heavy atom. The molecule has 4 nitrogen and oxygen atoms in total. The van der Waals surface area contributed by atoms with Gasteiger partial charge in [-0.3, -0.25) is 0 Å². The molecule has 1 aliphatic carbocycles. The molecule has 0 aromatic heterocycles. The maximum atomic E-state index is 12.9. The molecule has 2 saturated heterocycles. The standard InChI is InChI=1S/C15H27ClN2O2S/c16-13-14-5-1-4-10-18(14)21(19,20)17-11-8-15(9-12-17)6-2-3-7-15/h14H,1-13H2. The van der Waals surface area contributed by atoms with Gasteiger partial charge in [0, 0.05) is 31.6 Å². The zero-order valence-electron chi connectivity index (χ0n) is 12.8. The van der Waals surface area contributed by atoms with Crippen molar-refractivity contribution in [2.24, 2.45) is 5.41 Å². The van der Waals surface area contributed by atoms with Gasteiger partial charge in [0.05, 0.1) is 0 Å². The monoisotopic (exact) mass is 334 g/mol. The number of hydrogen-bond acceptors (Lipinski definition) is 2. The second kappa shape index (κ2) is 6.34. The molecule has 2 aliphatic heterocycles. The van der Waals surface area contributed by atoms with Crippen LogP contribution in [-0.4, -0.2) is 48.6 Å². The van der Waals surface area contributed by atoms with Crippen molar-refractivity contribution >= 4 is 21.8 Å². The minimum absolute atomic E-state index is 0.00668. The number of piperidine rings is 2. The molecule has 1 atom stereocenters. The van der Waals surface area contributed by atoms with E-state index in [2.05, 4.69) is 0 Å². The van der Waals surface area contributed by atoms with E-state index in [4.69, 9.17) is 11.6 Å². The lowest BCUT2D eigenvalue weighted by Gasteiger charge is -2.42. The molecular formula is C15H27ClN2O2S. The van der Waals surface area contributed by atoms with Crippen LogP contribution in [0.1, 0.15) is 57.8 Å². The van der Waals surface area contributed by atoms with Crippen LogP contribution in [0.15, 0.2) is 0 Å². The Balaban J connectivity index is 1.68. The zero-order chi connectivity index (χ0) is 14.9. The van der Waals surface area contributed by atoms with Crippen molar-refractivity contribution in [3.8, 4) is 0 Å². The van der Waals surface area contributed by atoms with Crippen LogP contribution in [0.5, 0.6) is 0 Å². The van der Waals surface area contributed by atoms with Crippen molar-refractivity contribution in [1.29, 1.82) is 0 Å². The minimum Gasteiger partial charge on any atom is -0.195 e. The Labute approximate surface area is 134 Å². The fourth-order valence-corrected chi connectivity index (χ4v) is 6.66. The summed E-state index contributed by atoms with van der Waals surface area (Å²) in [6, 6.07) is -0.00668. The highest BCUT2D eigenvalue weighted by molar-refractivity contribution is 7.86. The van der Waals surface area contributed by atoms with Crippen LogP contribution in [0.4, 0.5) is 0 Å². The van der Waals surface area contributed by atoms with Gasteiger partial charge in [0.25, 0.3) is 10.2 Å². The molecule has 0 amide bonds. The van der Waals surface area contributed by atoms with Crippen LogP contribution in [0, 0.1) is 5.41 Å². The van der Waals surface area contributed by atoms with Gasteiger partial charge in [-0.25, -0.2) is 0 Å². The Bertz CT molecular complexity index is 452. The first kappa shape index (κ1) is 16.0. The molecule has 0 bridgehead atoms. The molecule has 0 radical (unpaired) electrons. The van der Waals surface area contributed by atoms with Crippen LogP contribution in [0.25, 0.3) is 0 Å². The maximum Gasteiger partial charge on any atom is 0.282 e. The summed E-state index contributed by atoms with van der Waals surface area (Å²) in [5, 5.41) is 0. The van der Waals surface area contributed by atoms with Crippen molar-refractivity contribution < 1.29 is 8.42 Å². The second-order valence-electron chi connectivity index (χ2n) is 7.03. The van der Waals surface area contributed by atoms with E-state index in [1.54, 1.807) is 8.61 Å². The number of rotatable bonds is 3. The van der Waals surface area contributed by atoms with Crippen LogP contribution >= 0.6 is 11.6 Å². The molecule has 6 heteroatoms. The summed E-state index contributed by atoms with van der Waals surface area (Å²) in [6.45, 7) is 2.04. The molecule has 1 saturated carbocycles. The molecule has 122 valence electrons. The Morgan fingerprint density at radius 3 is 2.24 bits per heavy atom. The maximum absolute atomic E-state index is 12.9. The predicted octanol–water partition coefficient (Wildman–Crippen LogP) is 2.98. The van der Waals surface area contributed by atoms with Crippen molar-refractivity contribution in [3.63, 3.8) is 0 Å². The van der Waals surface area contributed by atoms with E-state index in [1.807, 2.05) is 0 Å². The molecule has 1 unspecified atom stereocenters. The van der Waals surface area contributed by atoms with E-state index in [0.29, 0.717) is 30.9 Å². The number of alkyl halides is 1. The fraction of sp³-hybridized carbons (Fsp3) is 1.00. The average molecular weight is 335 g/mol. The lowest BCUT2D eigenvalue weighted by Crippen LogP contribution is -2.53. The zero-order valence-corrected chi connectivity index (χ0v) is 14.3. The molecule has 2 heterocycles. The van der Waals surface area contributed by atoms with Gasteiger partial charge in [-0.15, -0.1) is 11.6 Å². The second-order valence-corrected chi connectivity index (χ2v) is 9.22. The van der Waals surface area contributed by atoms with Crippen LogP contribution < -0.4 is 0 Å². The molecule has 0 N–H and O–H groups in total. The normalized spacial score (nSPS) is 31.8. The molecule has 0 aromatic rings. The van der Waals surface area contributed by atoms with E-state index in [9.17, 15) is 8.42 Å². The lowest BCUT2D eigenvalue weighted by atomic mass is 9.78. The number of nitrogens with zero attached hydrogens (tertiary/aromatic N) is 2. The van der Waals surface area contributed by atoms with Crippen LogP contribution in [0.2, 0.25) is 0 Å². The summed E-state index contributed by atoms with van der Waals surface area (Å²) >= 11 is 5.99. The topological polar surface area (TPSA) is 40.6 Å². The minimum atomic E-state index is -3.31. The molecule has 21 heavy (non-hydrogen) atoms. The highest BCUT2D eigenvalue weighted by atomic mass is 35.5. The first-order valence-corrected chi connectivity index (χ1v) is 10.3. The molecule has 3 fully saturated rings. The molecule has 3 aliphatic rings. The lowest BCUT2D eigenvalue weighted by molar-refractivity contribution is 0.149. The summed E-state index contributed by atoms with van der Waals surface area (Å²) in [7, 11) is -3.31. The van der Waals surface area contributed by atoms with Gasteiger partial charge in [0.1, 0.15) is 0 Å². The van der Waals surface area contributed by atoms with Crippen molar-refractivity contribution in [1.82, 2.24) is 8.61 Å². The Kier molecular flexibility index (Phi) is 4.84. The molecule has 3 rings (SSSR count). The quantitative estimate of drug-likeness (QED) is 0.744. The highest BCUT2D eigenvalue weighted by Gasteiger charge is 2.42. The summed E-state index contributed by atoms with van der Waals surface area (Å²) in [5.41, 5.74) is 0.458. The SMILES string of the molecule is O=S(=O)(N1CCC2(CCCC2)CC1)N1CCCCC1CCl. The summed E-state index contributed by atoms with van der Waals surface area (Å²) in [4.78, 5) is 0. The highest BCUT2D eigenvalue weighted by Crippen LogP contribution is 2.46. The van der Waals surface area contributed by atoms with Gasteiger partial charge >= 0.3 is 0 Å². The van der Waals surface area contributed by atoms with E-state index >= 15 is 0 Å². The third-order valence-corrected chi connectivity index (χ3v) is 8.27. The molecule has 0 aromatic carbocycles. The smallest absolute Gasteiger partial charge is 0.195 e. The van der Waals surface area contributed by atoms with E-state index < -0.39 is 10.2 Å². The first-order chi connectivity index (χ1) is 10.1. The third kappa shape index (κ3) is 3.12. The van der Waals surface area contributed by atoms with Gasteiger partial charge in [0.2, 0.25) is 0 Å². The van der Waals surface area contributed by atoms with Crippen molar-refractivity contribution in [3.05, 3.63) is 0 Å². The third-order valence-electron chi connectivity index (χ3n) is 5.82. The van der Waals surface area contributed by atoms with E-state index in [1.165, 1.54) is 25.7 Å².